The zero-order valence-corrected chi connectivity index (χ0v) is 12.7. The number of carbonyl (C=O) groups is 2. The third-order valence-corrected chi connectivity index (χ3v) is 4.48. The van der Waals surface area contributed by atoms with Crippen molar-refractivity contribution in [3.05, 3.63) is 0 Å². The predicted octanol–water partition coefficient (Wildman–Crippen LogP) is 1.84. The summed E-state index contributed by atoms with van der Waals surface area (Å²) in [7, 11) is 0. The molecule has 2 N–H and O–H groups in total. The summed E-state index contributed by atoms with van der Waals surface area (Å²) >= 11 is 0. The van der Waals surface area contributed by atoms with Crippen LogP contribution < -0.4 is 5.32 Å². The lowest BCUT2D eigenvalue weighted by Crippen LogP contribution is -2.50. The Labute approximate surface area is 125 Å². The second-order valence-electron chi connectivity index (χ2n) is 5.99. The zero-order valence-electron chi connectivity index (χ0n) is 12.7. The van der Waals surface area contributed by atoms with Gasteiger partial charge in [0.25, 0.3) is 0 Å². The van der Waals surface area contributed by atoms with Gasteiger partial charge in [-0.2, -0.15) is 0 Å². The molecule has 2 rings (SSSR count). The van der Waals surface area contributed by atoms with E-state index in [1.54, 1.807) is 0 Å². The number of hydrogen-bond donors (Lipinski definition) is 2. The van der Waals surface area contributed by atoms with Crippen LogP contribution in [-0.4, -0.2) is 53.8 Å². The van der Waals surface area contributed by atoms with Crippen LogP contribution in [0, 0.1) is 5.92 Å². The lowest BCUT2D eigenvalue weighted by molar-refractivity contribution is -0.143. The number of piperidine rings is 1. The van der Waals surface area contributed by atoms with Crippen molar-refractivity contribution >= 4 is 12.0 Å². The third-order valence-electron chi connectivity index (χ3n) is 4.48. The minimum absolute atomic E-state index is 0.00281. The molecule has 2 aliphatic rings. The number of carboxylic acids is 1. The average molecular weight is 298 g/mol. The van der Waals surface area contributed by atoms with E-state index in [0.29, 0.717) is 19.5 Å². The van der Waals surface area contributed by atoms with Gasteiger partial charge in [0, 0.05) is 25.7 Å². The highest BCUT2D eigenvalue weighted by Crippen LogP contribution is 2.24. The van der Waals surface area contributed by atoms with Crippen molar-refractivity contribution in [2.45, 2.75) is 57.6 Å². The molecule has 0 aromatic heterocycles. The Kier molecular flexibility index (Phi) is 5.85. The Hall–Kier alpha value is -1.30. The molecule has 0 aromatic rings. The molecule has 1 saturated carbocycles. The molecule has 0 radical (unpaired) electrons. The van der Waals surface area contributed by atoms with Gasteiger partial charge in [-0.3, -0.25) is 4.79 Å². The van der Waals surface area contributed by atoms with Crippen molar-refractivity contribution in [3.63, 3.8) is 0 Å². The number of urea groups is 1. The molecule has 6 nitrogen and oxygen atoms in total. The highest BCUT2D eigenvalue weighted by atomic mass is 16.5. The summed E-state index contributed by atoms with van der Waals surface area (Å²) in [5.74, 6) is -1.06. The topological polar surface area (TPSA) is 78.9 Å². The van der Waals surface area contributed by atoms with Crippen LogP contribution >= 0.6 is 0 Å². The van der Waals surface area contributed by atoms with Crippen molar-refractivity contribution in [2.24, 2.45) is 5.92 Å². The summed E-state index contributed by atoms with van der Waals surface area (Å²) in [6, 6.07) is -0.0575. The monoisotopic (exact) mass is 298 g/mol. The summed E-state index contributed by atoms with van der Waals surface area (Å²) in [4.78, 5) is 25.1. The third kappa shape index (κ3) is 4.59. The van der Waals surface area contributed by atoms with E-state index >= 15 is 0 Å². The van der Waals surface area contributed by atoms with E-state index in [0.717, 1.165) is 38.7 Å². The summed E-state index contributed by atoms with van der Waals surface area (Å²) in [6.07, 6.45) is 5.05. The van der Waals surface area contributed by atoms with E-state index in [2.05, 4.69) is 5.32 Å². The largest absolute Gasteiger partial charge is 0.481 e. The number of ether oxygens (including phenoxy) is 1. The number of carbonyl (C=O) groups excluding carboxylic acids is 1. The van der Waals surface area contributed by atoms with Crippen LogP contribution in [0.15, 0.2) is 0 Å². The maximum Gasteiger partial charge on any atom is 0.317 e. The summed E-state index contributed by atoms with van der Waals surface area (Å²) in [5.41, 5.74) is 0. The second-order valence-corrected chi connectivity index (χ2v) is 5.99. The lowest BCUT2D eigenvalue weighted by Gasteiger charge is -2.34. The highest BCUT2D eigenvalue weighted by Gasteiger charge is 2.30. The molecule has 1 saturated heterocycles. The smallest absolute Gasteiger partial charge is 0.317 e. The minimum Gasteiger partial charge on any atom is -0.481 e. The zero-order chi connectivity index (χ0) is 15.2. The van der Waals surface area contributed by atoms with Gasteiger partial charge in [-0.15, -0.1) is 0 Å². The number of carboxylic acid groups (broad SMARTS) is 1. The minimum atomic E-state index is -0.744. The fourth-order valence-corrected chi connectivity index (χ4v) is 3.27. The van der Waals surface area contributed by atoms with Crippen LogP contribution in [-0.2, 0) is 9.53 Å². The van der Waals surface area contributed by atoms with Crippen LogP contribution in [0.4, 0.5) is 4.79 Å². The Morgan fingerprint density at radius 1 is 1.24 bits per heavy atom. The molecule has 1 heterocycles. The molecular formula is C15H26N2O4. The van der Waals surface area contributed by atoms with E-state index in [1.807, 2.05) is 11.8 Å². The van der Waals surface area contributed by atoms with E-state index in [-0.39, 0.29) is 24.1 Å². The molecule has 2 amide bonds. The summed E-state index contributed by atoms with van der Waals surface area (Å²) in [6.45, 7) is 4.13. The molecule has 2 fully saturated rings. The van der Waals surface area contributed by atoms with E-state index in [4.69, 9.17) is 9.84 Å². The first kappa shape index (κ1) is 16.1. The van der Waals surface area contributed by atoms with Gasteiger partial charge in [-0.05, 0) is 39.0 Å². The normalized spacial score (nSPS) is 27.4. The van der Waals surface area contributed by atoms with Gasteiger partial charge in [0.05, 0.1) is 12.0 Å². The van der Waals surface area contributed by atoms with E-state index in [1.165, 1.54) is 0 Å². The van der Waals surface area contributed by atoms with Gasteiger partial charge in [0.2, 0.25) is 0 Å². The molecule has 0 aromatic carbocycles. The number of amides is 2. The van der Waals surface area contributed by atoms with E-state index in [9.17, 15) is 9.59 Å². The first-order valence-electron chi connectivity index (χ1n) is 8.00. The average Bonchev–Trinajstić information content (AvgIpc) is 2.48. The fourth-order valence-electron chi connectivity index (χ4n) is 3.27. The molecule has 2 unspecified atom stereocenters. The molecule has 120 valence electrons. The number of aliphatic carboxylic acids is 1. The van der Waals surface area contributed by atoms with Crippen LogP contribution in [0.1, 0.15) is 45.4 Å². The van der Waals surface area contributed by atoms with Crippen molar-refractivity contribution in [1.29, 1.82) is 0 Å². The van der Waals surface area contributed by atoms with Crippen molar-refractivity contribution in [1.82, 2.24) is 10.2 Å². The lowest BCUT2D eigenvalue weighted by atomic mass is 9.86. The maximum atomic E-state index is 12.2. The molecular weight excluding hydrogens is 272 g/mol. The summed E-state index contributed by atoms with van der Waals surface area (Å²) < 4.78 is 5.58. The fraction of sp³-hybridized carbons (Fsp3) is 0.867. The SMILES string of the molecule is CCOC1CCN(C(=O)NC2CCCC(C(=O)O)C2)CC1. The number of rotatable bonds is 4. The van der Waals surface area contributed by atoms with Crippen molar-refractivity contribution in [3.8, 4) is 0 Å². The Bertz CT molecular complexity index is 367. The van der Waals surface area contributed by atoms with Crippen molar-refractivity contribution < 1.29 is 19.4 Å². The maximum absolute atomic E-state index is 12.2. The molecule has 1 aliphatic heterocycles. The van der Waals surface area contributed by atoms with Crippen LogP contribution in [0.5, 0.6) is 0 Å². The van der Waals surface area contributed by atoms with Gasteiger partial charge >= 0.3 is 12.0 Å². The standard InChI is InChI=1S/C15H26N2O4/c1-2-21-13-6-8-17(9-7-13)15(20)16-12-5-3-4-11(10-12)14(18)19/h11-13H,2-10H2,1H3,(H,16,20)(H,18,19). The van der Waals surface area contributed by atoms with Crippen LogP contribution in [0.2, 0.25) is 0 Å². The first-order valence-corrected chi connectivity index (χ1v) is 8.00. The Morgan fingerprint density at radius 3 is 2.57 bits per heavy atom. The number of nitrogens with zero attached hydrogens (tertiary/aromatic N) is 1. The van der Waals surface area contributed by atoms with E-state index < -0.39 is 5.97 Å². The number of hydrogen-bond acceptors (Lipinski definition) is 3. The molecule has 0 spiro atoms. The number of likely N-dealkylation sites (tertiary alicyclic amines) is 1. The highest BCUT2D eigenvalue weighted by molar-refractivity contribution is 5.75. The Balaban J connectivity index is 1.75. The van der Waals surface area contributed by atoms with Crippen molar-refractivity contribution in [2.75, 3.05) is 19.7 Å². The van der Waals surface area contributed by atoms with Crippen LogP contribution in [0.25, 0.3) is 0 Å². The molecule has 6 heteroatoms. The quantitative estimate of drug-likeness (QED) is 0.830. The van der Waals surface area contributed by atoms with Crippen LogP contribution in [0.3, 0.4) is 0 Å². The second kappa shape index (κ2) is 7.64. The molecule has 2 atom stereocenters. The van der Waals surface area contributed by atoms with Gasteiger partial charge < -0.3 is 20.1 Å². The van der Waals surface area contributed by atoms with Gasteiger partial charge in [0.1, 0.15) is 0 Å². The predicted molar refractivity (Wildman–Crippen MR) is 78.1 cm³/mol. The molecule has 21 heavy (non-hydrogen) atoms. The first-order chi connectivity index (χ1) is 10.1. The van der Waals surface area contributed by atoms with Gasteiger partial charge in [-0.1, -0.05) is 6.42 Å². The number of nitrogens with one attached hydrogen (secondary N) is 1. The molecule has 0 bridgehead atoms. The summed E-state index contributed by atoms with van der Waals surface area (Å²) in [5, 5.41) is 12.1. The van der Waals surface area contributed by atoms with Gasteiger partial charge in [-0.25, -0.2) is 4.79 Å². The van der Waals surface area contributed by atoms with Gasteiger partial charge in [0.15, 0.2) is 0 Å². The Morgan fingerprint density at radius 2 is 1.95 bits per heavy atom. The molecule has 1 aliphatic carbocycles.